The number of rotatable bonds is 23. The summed E-state index contributed by atoms with van der Waals surface area (Å²) in [7, 11) is 0. The molecule has 0 unspecified atom stereocenters. The number of hydrogen-bond donors (Lipinski definition) is 12. The lowest BCUT2D eigenvalue weighted by molar-refractivity contribution is -0.128. The average molecular weight is 593 g/mol. The molecule has 0 bridgehead atoms. The summed E-state index contributed by atoms with van der Waals surface area (Å²) < 4.78 is 10.7. The molecule has 37 heavy (non-hydrogen) atoms. The zero-order valence-electron chi connectivity index (χ0n) is 20.6. The minimum absolute atomic E-state index is 0. The lowest BCUT2D eigenvalue weighted by atomic mass is 9.86. The van der Waals surface area contributed by atoms with Crippen LogP contribution in [0.1, 0.15) is 19.3 Å². The van der Waals surface area contributed by atoms with E-state index in [0.717, 1.165) is 0 Å². The Morgan fingerprint density at radius 2 is 0.946 bits per heavy atom. The van der Waals surface area contributed by atoms with E-state index >= 15 is 0 Å². The van der Waals surface area contributed by atoms with Crippen molar-refractivity contribution in [2.24, 2.45) is 11.7 Å². The van der Waals surface area contributed by atoms with E-state index in [1.807, 2.05) is 0 Å². The molecule has 0 aliphatic rings. The minimum atomic E-state index is -1.83. The molecule has 0 saturated heterocycles. The van der Waals surface area contributed by atoms with Crippen molar-refractivity contribution >= 4 is 24.8 Å². The van der Waals surface area contributed by atoms with Crippen LogP contribution >= 0.6 is 24.8 Å². The fourth-order valence-corrected chi connectivity index (χ4v) is 3.22. The molecule has 15 nitrogen and oxygen atoms in total. The summed E-state index contributed by atoms with van der Waals surface area (Å²) in [5.74, 6) is -0.613. The summed E-state index contributed by atoms with van der Waals surface area (Å²) in [5.41, 5.74) is 7.64. The van der Waals surface area contributed by atoms with Gasteiger partial charge in [0.2, 0.25) is 0 Å². The maximum absolute atomic E-state index is 10.3. The van der Waals surface area contributed by atoms with Crippen LogP contribution in [0.3, 0.4) is 0 Å². The van der Waals surface area contributed by atoms with Crippen molar-refractivity contribution < 1.29 is 65.4 Å². The Bertz CT molecular complexity index is 477. The van der Waals surface area contributed by atoms with Crippen molar-refractivity contribution in [3.8, 4) is 0 Å². The standard InChI is InChI=1S/C20H44N2O13.2ClH/c21-11-22-35-6-5-34-4-3-33-2-1-12(7-13(25)17(29)19(31)15(27)9-23)8-14(26)18(30)20(32)16(28)10-24;;/h12-20,22-32H,1-11,21H2;2*1H/t13-,14-,15+,16+,17+,18+,19+,20+;;/m0../s1. The van der Waals surface area contributed by atoms with Crippen LogP contribution in [-0.2, 0) is 14.3 Å². The second kappa shape index (κ2) is 25.0. The number of aliphatic hydroxyl groups is 10. The lowest BCUT2D eigenvalue weighted by Crippen LogP contribution is -2.48. The van der Waals surface area contributed by atoms with E-state index < -0.39 is 68.0 Å². The molecule has 0 aromatic carbocycles. The Labute approximate surface area is 228 Å². The van der Waals surface area contributed by atoms with Crippen LogP contribution in [-0.4, -0.2) is 153 Å². The molecule has 0 aromatic heterocycles. The van der Waals surface area contributed by atoms with Gasteiger partial charge in [0.15, 0.2) is 0 Å². The second-order valence-electron chi connectivity index (χ2n) is 8.14. The van der Waals surface area contributed by atoms with E-state index in [9.17, 15) is 40.9 Å². The summed E-state index contributed by atoms with van der Waals surface area (Å²) in [6.07, 6.45) is -14.0. The van der Waals surface area contributed by atoms with Gasteiger partial charge in [-0.05, 0) is 25.2 Å². The molecule has 0 aliphatic carbocycles. The van der Waals surface area contributed by atoms with Crippen molar-refractivity contribution in [1.82, 2.24) is 5.48 Å². The third kappa shape index (κ3) is 18.0. The Hall–Kier alpha value is -0.0200. The summed E-state index contributed by atoms with van der Waals surface area (Å²) >= 11 is 0. The molecule has 0 amide bonds. The number of nitrogens with one attached hydrogen (secondary N) is 1. The Balaban J connectivity index is -0.00000578. The molecule has 228 valence electrons. The van der Waals surface area contributed by atoms with Gasteiger partial charge in [0, 0.05) is 6.61 Å². The van der Waals surface area contributed by atoms with Gasteiger partial charge in [-0.1, -0.05) is 0 Å². The molecule has 0 rings (SSSR count). The Kier molecular flexibility index (Phi) is 28.0. The van der Waals surface area contributed by atoms with Crippen LogP contribution in [0.5, 0.6) is 0 Å². The van der Waals surface area contributed by atoms with Crippen LogP contribution < -0.4 is 11.2 Å². The highest BCUT2D eigenvalue weighted by Crippen LogP contribution is 2.23. The highest BCUT2D eigenvalue weighted by Gasteiger charge is 2.34. The number of halogens is 2. The first-order valence-corrected chi connectivity index (χ1v) is 11.5. The van der Waals surface area contributed by atoms with Crippen molar-refractivity contribution in [3.63, 3.8) is 0 Å². The molecule has 17 heteroatoms. The maximum Gasteiger partial charge on any atom is 0.110 e. The largest absolute Gasteiger partial charge is 0.394 e. The predicted molar refractivity (Wildman–Crippen MR) is 134 cm³/mol. The molecular formula is C20H46Cl2N2O13. The van der Waals surface area contributed by atoms with Crippen LogP contribution in [0.15, 0.2) is 0 Å². The quantitative estimate of drug-likeness (QED) is 0.0300. The normalized spacial score (nSPS) is 18.2. The third-order valence-electron chi connectivity index (χ3n) is 5.36. The summed E-state index contributed by atoms with van der Waals surface area (Å²) in [6, 6.07) is 0. The van der Waals surface area contributed by atoms with E-state index in [1.165, 1.54) is 0 Å². The number of nitrogens with two attached hydrogens (primary N) is 1. The topological polar surface area (TPSA) is 268 Å². The maximum atomic E-state index is 10.3. The fourth-order valence-electron chi connectivity index (χ4n) is 3.22. The molecule has 0 radical (unpaired) electrons. The highest BCUT2D eigenvalue weighted by atomic mass is 35.5. The SMILES string of the molecule is Cl.Cl.NCNOCCOCCOCCC(C[C@H](O)[C@@H](O)[C@H](O)[C@H](O)CO)C[C@H](O)[C@@H](O)[C@H](O)[C@H](O)CO. The van der Waals surface area contributed by atoms with Crippen LogP contribution in [0.25, 0.3) is 0 Å². The zero-order valence-corrected chi connectivity index (χ0v) is 22.2. The number of ether oxygens (including phenoxy) is 2. The molecule has 0 aromatic rings. The molecule has 8 atom stereocenters. The van der Waals surface area contributed by atoms with E-state index in [-0.39, 0.29) is 77.2 Å². The smallest absolute Gasteiger partial charge is 0.110 e. The van der Waals surface area contributed by atoms with Gasteiger partial charge in [0.05, 0.1) is 58.5 Å². The third-order valence-corrected chi connectivity index (χ3v) is 5.36. The van der Waals surface area contributed by atoms with Gasteiger partial charge in [-0.15, -0.1) is 24.8 Å². The molecule has 0 heterocycles. The zero-order chi connectivity index (χ0) is 26.8. The van der Waals surface area contributed by atoms with Crippen LogP contribution in [0.2, 0.25) is 0 Å². The summed E-state index contributed by atoms with van der Waals surface area (Å²) in [5, 5.41) is 97.1. The van der Waals surface area contributed by atoms with Gasteiger partial charge in [0.25, 0.3) is 0 Å². The number of hydrogen-bond acceptors (Lipinski definition) is 15. The van der Waals surface area contributed by atoms with Crippen molar-refractivity contribution in [2.45, 2.75) is 68.1 Å². The van der Waals surface area contributed by atoms with Gasteiger partial charge in [-0.3, -0.25) is 4.84 Å². The Morgan fingerprint density at radius 3 is 1.35 bits per heavy atom. The number of hydroxylamine groups is 1. The average Bonchev–Trinajstić information content (AvgIpc) is 2.86. The minimum Gasteiger partial charge on any atom is -0.394 e. The molecule has 0 aliphatic heterocycles. The molecule has 0 spiro atoms. The highest BCUT2D eigenvalue weighted by molar-refractivity contribution is 5.85. The van der Waals surface area contributed by atoms with E-state index in [0.29, 0.717) is 6.61 Å². The molecule has 13 N–H and O–H groups in total. The van der Waals surface area contributed by atoms with Gasteiger partial charge in [-0.25, -0.2) is 0 Å². The fraction of sp³-hybridized carbons (Fsp3) is 1.00. The van der Waals surface area contributed by atoms with Crippen molar-refractivity contribution in [2.75, 3.05) is 52.9 Å². The summed E-state index contributed by atoms with van der Waals surface area (Å²) in [6.45, 7) is -0.305. The first kappa shape index (κ1) is 41.5. The lowest BCUT2D eigenvalue weighted by Gasteiger charge is -2.31. The molecule has 0 saturated carbocycles. The monoisotopic (exact) mass is 592 g/mol. The first-order valence-electron chi connectivity index (χ1n) is 11.5. The van der Waals surface area contributed by atoms with Crippen molar-refractivity contribution in [1.29, 1.82) is 0 Å². The second-order valence-corrected chi connectivity index (χ2v) is 8.14. The van der Waals surface area contributed by atoms with Gasteiger partial charge < -0.3 is 66.3 Å². The molecular weight excluding hydrogens is 547 g/mol. The van der Waals surface area contributed by atoms with Gasteiger partial charge >= 0.3 is 0 Å². The van der Waals surface area contributed by atoms with E-state index in [2.05, 4.69) is 5.48 Å². The van der Waals surface area contributed by atoms with Crippen LogP contribution in [0.4, 0.5) is 0 Å². The predicted octanol–water partition coefficient (Wildman–Crippen LogP) is -5.04. The molecule has 0 fully saturated rings. The Morgan fingerprint density at radius 1 is 0.568 bits per heavy atom. The van der Waals surface area contributed by atoms with Crippen LogP contribution in [0, 0.1) is 5.92 Å². The van der Waals surface area contributed by atoms with Gasteiger partial charge in [0.1, 0.15) is 36.6 Å². The van der Waals surface area contributed by atoms with Crippen molar-refractivity contribution in [3.05, 3.63) is 0 Å². The number of aliphatic hydroxyl groups excluding tert-OH is 10. The summed E-state index contributed by atoms with van der Waals surface area (Å²) in [4.78, 5) is 4.91. The van der Waals surface area contributed by atoms with E-state index in [4.69, 9.17) is 30.3 Å². The van der Waals surface area contributed by atoms with Gasteiger partial charge in [-0.2, -0.15) is 5.48 Å². The first-order chi connectivity index (χ1) is 16.6. The van der Waals surface area contributed by atoms with E-state index in [1.54, 1.807) is 0 Å².